The third-order valence-electron chi connectivity index (χ3n) is 5.46. The van der Waals surface area contributed by atoms with E-state index in [0.717, 1.165) is 38.0 Å². The third-order valence-corrected chi connectivity index (χ3v) is 7.38. The van der Waals surface area contributed by atoms with Gasteiger partial charge in [0, 0.05) is 49.8 Å². The summed E-state index contributed by atoms with van der Waals surface area (Å²) >= 11 is 0. The van der Waals surface area contributed by atoms with Crippen LogP contribution in [0.4, 0.5) is 0 Å². The number of ether oxygens (including phenoxy) is 2. The molecule has 1 aliphatic carbocycles. The van der Waals surface area contributed by atoms with Gasteiger partial charge in [0.05, 0.1) is 25.1 Å². The second-order valence-corrected chi connectivity index (χ2v) is 9.30. The molecule has 2 aliphatic heterocycles. The summed E-state index contributed by atoms with van der Waals surface area (Å²) in [7, 11) is -1.48. The van der Waals surface area contributed by atoms with Crippen molar-refractivity contribution >= 4 is 10.0 Å². The van der Waals surface area contributed by atoms with Crippen molar-refractivity contribution in [2.24, 2.45) is 11.8 Å². The number of pyridine rings is 1. The summed E-state index contributed by atoms with van der Waals surface area (Å²) in [6, 6.07) is 3.95. The van der Waals surface area contributed by atoms with Crippen LogP contribution in [-0.4, -0.2) is 63.0 Å². The van der Waals surface area contributed by atoms with Gasteiger partial charge in [-0.1, -0.05) is 6.07 Å². The standard InChI is InChI=1S/C17H25N3O4S/c1-23-17-12(3-2-6-18-17)8-20-9-15-13(11-24-16(15)10-20)7-19-25(21,22)14-4-5-14/h2-3,6,13-16,19H,4-5,7-11H2,1H3/t13-,15+,16+/m1/s1. The minimum Gasteiger partial charge on any atom is -0.481 e. The second-order valence-electron chi connectivity index (χ2n) is 7.25. The Morgan fingerprint density at radius 1 is 1.40 bits per heavy atom. The van der Waals surface area contributed by atoms with Crippen molar-refractivity contribution in [3.8, 4) is 5.88 Å². The van der Waals surface area contributed by atoms with Gasteiger partial charge in [-0.25, -0.2) is 18.1 Å². The van der Waals surface area contributed by atoms with Crippen LogP contribution >= 0.6 is 0 Å². The van der Waals surface area contributed by atoms with E-state index in [1.165, 1.54) is 0 Å². The molecule has 1 saturated carbocycles. The molecular weight excluding hydrogens is 342 g/mol. The Kier molecular flexibility index (Phi) is 4.70. The lowest BCUT2D eigenvalue weighted by Crippen LogP contribution is -2.35. The van der Waals surface area contributed by atoms with Gasteiger partial charge < -0.3 is 9.47 Å². The number of hydrogen-bond acceptors (Lipinski definition) is 6. The monoisotopic (exact) mass is 367 g/mol. The second kappa shape index (κ2) is 6.83. The maximum Gasteiger partial charge on any atom is 0.217 e. The molecule has 7 nitrogen and oxygen atoms in total. The molecule has 2 saturated heterocycles. The molecule has 8 heteroatoms. The molecule has 0 aromatic carbocycles. The van der Waals surface area contributed by atoms with Gasteiger partial charge in [-0.2, -0.15) is 0 Å². The number of likely N-dealkylation sites (tertiary alicyclic amines) is 1. The number of nitrogens with one attached hydrogen (secondary N) is 1. The van der Waals surface area contributed by atoms with Gasteiger partial charge in [0.15, 0.2) is 0 Å². The summed E-state index contributed by atoms with van der Waals surface area (Å²) in [6.07, 6.45) is 3.51. The van der Waals surface area contributed by atoms with Gasteiger partial charge in [0.1, 0.15) is 0 Å². The van der Waals surface area contributed by atoms with Crippen LogP contribution in [-0.2, 0) is 21.3 Å². The van der Waals surface area contributed by atoms with Crippen molar-refractivity contribution in [1.82, 2.24) is 14.6 Å². The van der Waals surface area contributed by atoms with Crippen LogP contribution in [0.5, 0.6) is 5.88 Å². The molecule has 3 aliphatic rings. The van der Waals surface area contributed by atoms with E-state index in [2.05, 4.69) is 14.6 Å². The van der Waals surface area contributed by atoms with Crippen LogP contribution in [0.1, 0.15) is 18.4 Å². The predicted octanol–water partition coefficient (Wildman–Crippen LogP) is 0.619. The molecule has 1 aromatic heterocycles. The minimum absolute atomic E-state index is 0.163. The lowest BCUT2D eigenvalue weighted by Gasteiger charge is -2.20. The Bertz CT molecular complexity index is 722. The van der Waals surface area contributed by atoms with Gasteiger partial charge in [-0.15, -0.1) is 0 Å². The quantitative estimate of drug-likeness (QED) is 0.761. The molecule has 3 atom stereocenters. The van der Waals surface area contributed by atoms with E-state index in [9.17, 15) is 8.42 Å². The molecule has 3 fully saturated rings. The first kappa shape index (κ1) is 17.2. The zero-order valence-corrected chi connectivity index (χ0v) is 15.2. The predicted molar refractivity (Wildman–Crippen MR) is 92.7 cm³/mol. The zero-order chi connectivity index (χ0) is 17.4. The molecule has 0 amide bonds. The van der Waals surface area contributed by atoms with Crippen molar-refractivity contribution in [2.75, 3.05) is 33.4 Å². The van der Waals surface area contributed by atoms with Crippen molar-refractivity contribution in [3.05, 3.63) is 23.9 Å². The van der Waals surface area contributed by atoms with Crippen molar-refractivity contribution in [2.45, 2.75) is 30.7 Å². The van der Waals surface area contributed by atoms with Crippen molar-refractivity contribution < 1.29 is 17.9 Å². The van der Waals surface area contributed by atoms with Crippen molar-refractivity contribution in [3.63, 3.8) is 0 Å². The number of hydrogen-bond donors (Lipinski definition) is 1. The number of methoxy groups -OCH3 is 1. The van der Waals surface area contributed by atoms with Gasteiger partial charge in [0.25, 0.3) is 0 Å². The Hall–Kier alpha value is -1.22. The highest BCUT2D eigenvalue weighted by Gasteiger charge is 2.44. The molecular formula is C17H25N3O4S. The Balaban J connectivity index is 1.34. The summed E-state index contributed by atoms with van der Waals surface area (Å²) in [6.45, 7) is 3.69. The van der Waals surface area contributed by atoms with Gasteiger partial charge in [-0.3, -0.25) is 4.90 Å². The SMILES string of the molecule is COc1ncccc1CN1C[C@H]2[C@H](CNS(=O)(=O)C3CC3)CO[C@H]2C1. The number of nitrogens with zero attached hydrogens (tertiary/aromatic N) is 2. The fourth-order valence-electron chi connectivity index (χ4n) is 3.91. The molecule has 0 unspecified atom stereocenters. The van der Waals surface area contributed by atoms with Crippen LogP contribution in [0.2, 0.25) is 0 Å². The minimum atomic E-state index is -3.12. The summed E-state index contributed by atoms with van der Waals surface area (Å²) in [4.78, 5) is 6.59. The van der Waals surface area contributed by atoms with Crippen LogP contribution in [0.25, 0.3) is 0 Å². The van der Waals surface area contributed by atoms with Crippen LogP contribution in [0.3, 0.4) is 0 Å². The summed E-state index contributed by atoms with van der Waals surface area (Å²) < 4.78 is 38.1. The number of sulfonamides is 1. The average molecular weight is 367 g/mol. The first-order valence-electron chi connectivity index (χ1n) is 8.87. The highest BCUT2D eigenvalue weighted by molar-refractivity contribution is 7.90. The summed E-state index contributed by atoms with van der Waals surface area (Å²) in [5.74, 6) is 1.29. The van der Waals surface area contributed by atoms with E-state index in [4.69, 9.17) is 9.47 Å². The Morgan fingerprint density at radius 2 is 2.24 bits per heavy atom. The molecule has 1 aromatic rings. The fourth-order valence-corrected chi connectivity index (χ4v) is 5.35. The Labute approximate surface area is 148 Å². The van der Waals surface area contributed by atoms with Gasteiger partial charge >= 0.3 is 0 Å². The van der Waals surface area contributed by atoms with E-state index in [1.807, 2.05) is 12.1 Å². The third kappa shape index (κ3) is 3.67. The van der Waals surface area contributed by atoms with Crippen molar-refractivity contribution in [1.29, 1.82) is 0 Å². The smallest absolute Gasteiger partial charge is 0.217 e. The average Bonchev–Trinajstić information content (AvgIpc) is 3.30. The zero-order valence-electron chi connectivity index (χ0n) is 14.4. The van der Waals surface area contributed by atoms with E-state index in [1.54, 1.807) is 13.3 Å². The number of fused-ring (bicyclic) bond motifs is 1. The topological polar surface area (TPSA) is 80.8 Å². The number of aromatic nitrogens is 1. The molecule has 0 bridgehead atoms. The highest BCUT2D eigenvalue weighted by atomic mass is 32.2. The number of rotatable bonds is 7. The first-order valence-corrected chi connectivity index (χ1v) is 10.4. The van der Waals surface area contributed by atoms with Gasteiger partial charge in [-0.05, 0) is 18.9 Å². The van der Waals surface area contributed by atoms with E-state index < -0.39 is 10.0 Å². The first-order chi connectivity index (χ1) is 12.1. The molecule has 25 heavy (non-hydrogen) atoms. The maximum atomic E-state index is 12.0. The van der Waals surface area contributed by atoms with Gasteiger partial charge in [0.2, 0.25) is 15.9 Å². The fraction of sp³-hybridized carbons (Fsp3) is 0.706. The van der Waals surface area contributed by atoms with Crippen LogP contribution in [0.15, 0.2) is 18.3 Å². The lowest BCUT2D eigenvalue weighted by molar-refractivity contribution is 0.0940. The highest BCUT2D eigenvalue weighted by Crippen LogP contribution is 2.35. The molecule has 1 N–H and O–H groups in total. The molecule has 138 valence electrons. The van der Waals surface area contributed by atoms with E-state index >= 15 is 0 Å². The van der Waals surface area contributed by atoms with E-state index in [-0.39, 0.29) is 17.3 Å². The maximum absolute atomic E-state index is 12.0. The molecule has 0 radical (unpaired) electrons. The normalized spacial score (nSPS) is 29.7. The Morgan fingerprint density at radius 3 is 3.00 bits per heavy atom. The lowest BCUT2D eigenvalue weighted by atomic mass is 9.93. The largest absolute Gasteiger partial charge is 0.481 e. The molecule has 3 heterocycles. The van der Waals surface area contributed by atoms with Crippen LogP contribution in [0, 0.1) is 11.8 Å². The molecule has 4 rings (SSSR count). The summed E-state index contributed by atoms with van der Waals surface area (Å²) in [5, 5.41) is -0.163. The summed E-state index contributed by atoms with van der Waals surface area (Å²) in [5.41, 5.74) is 1.07. The van der Waals surface area contributed by atoms with Crippen LogP contribution < -0.4 is 9.46 Å². The molecule has 0 spiro atoms. The van der Waals surface area contributed by atoms with E-state index in [0.29, 0.717) is 24.9 Å².